The quantitative estimate of drug-likeness (QED) is 0.404. The van der Waals surface area contributed by atoms with Crippen LogP contribution in [0.25, 0.3) is 22.4 Å². The van der Waals surface area contributed by atoms with Crippen molar-refractivity contribution in [3.05, 3.63) is 83.8 Å². The molecule has 4 heterocycles. The highest BCUT2D eigenvalue weighted by molar-refractivity contribution is 6.50. The van der Waals surface area contributed by atoms with Crippen LogP contribution in [-0.2, 0) is 24.4 Å². The van der Waals surface area contributed by atoms with Gasteiger partial charge in [0, 0.05) is 47.9 Å². The smallest absolute Gasteiger partial charge is 0.274 e. The van der Waals surface area contributed by atoms with E-state index in [0.717, 1.165) is 65.1 Å². The molecule has 0 unspecified atom stereocenters. The number of carbonyl (C=O) groups is 1. The lowest BCUT2D eigenvalue weighted by Gasteiger charge is -2.17. The van der Waals surface area contributed by atoms with Crippen LogP contribution in [0.2, 0.25) is 0 Å². The molecule has 1 amide bonds. The Balaban J connectivity index is 1.43. The summed E-state index contributed by atoms with van der Waals surface area (Å²) < 4.78 is 1.86. The van der Waals surface area contributed by atoms with Crippen LogP contribution >= 0.6 is 0 Å². The second-order valence-corrected chi connectivity index (χ2v) is 9.38. The van der Waals surface area contributed by atoms with Gasteiger partial charge in [0.25, 0.3) is 5.91 Å². The zero-order valence-corrected chi connectivity index (χ0v) is 20.5. The second-order valence-electron chi connectivity index (χ2n) is 9.38. The molecule has 0 saturated carbocycles. The topological polar surface area (TPSA) is 101 Å². The van der Waals surface area contributed by atoms with E-state index in [4.69, 9.17) is 0 Å². The summed E-state index contributed by atoms with van der Waals surface area (Å²) in [6.07, 6.45) is 8.10. The van der Waals surface area contributed by atoms with Gasteiger partial charge in [-0.15, -0.1) is 5.10 Å². The van der Waals surface area contributed by atoms with Gasteiger partial charge in [0.2, 0.25) is 0 Å². The minimum absolute atomic E-state index is 0.296. The van der Waals surface area contributed by atoms with Crippen LogP contribution in [0.4, 0.5) is 5.69 Å². The number of anilines is 1. The maximum atomic E-state index is 13.5. The van der Waals surface area contributed by atoms with Crippen LogP contribution in [0.15, 0.2) is 77.1 Å². The molecule has 2 aromatic carbocycles. The molecule has 4 aromatic rings. The first-order chi connectivity index (χ1) is 18.1. The van der Waals surface area contributed by atoms with E-state index in [-0.39, 0.29) is 5.91 Å². The monoisotopic (exact) mass is 490 g/mol. The first-order valence-corrected chi connectivity index (χ1v) is 12.3. The lowest BCUT2D eigenvalue weighted by molar-refractivity contribution is -0.110. The molecule has 2 aliphatic rings. The average molecular weight is 491 g/mol. The molecule has 0 spiro atoms. The number of pyridine rings is 1. The fraction of sp³-hybridized carbons (Fsp3) is 0.214. The maximum absolute atomic E-state index is 13.5. The van der Waals surface area contributed by atoms with E-state index >= 15 is 0 Å². The SMILES string of the molecule is CN1CCCn2cc(nn2)-c2cccc(c2)NC(=O)C2=NC=NCc3ccc(cc32)-c2cncc(c2)C1. The normalized spacial score (nSPS) is 15.9. The Morgan fingerprint density at radius 3 is 2.86 bits per heavy atom. The molecular formula is C28H26N8O. The molecule has 8 bridgehead atoms. The van der Waals surface area contributed by atoms with Crippen molar-refractivity contribution < 1.29 is 4.79 Å². The fourth-order valence-electron chi connectivity index (χ4n) is 4.71. The van der Waals surface area contributed by atoms with Crippen molar-refractivity contribution in [3.63, 3.8) is 0 Å². The maximum Gasteiger partial charge on any atom is 0.274 e. The predicted octanol–water partition coefficient (Wildman–Crippen LogP) is 3.81. The fourth-order valence-corrected chi connectivity index (χ4v) is 4.71. The Bertz CT molecular complexity index is 1540. The molecule has 6 rings (SSSR count). The third-order valence-corrected chi connectivity index (χ3v) is 6.57. The van der Waals surface area contributed by atoms with E-state index in [1.165, 1.54) is 6.34 Å². The van der Waals surface area contributed by atoms with Gasteiger partial charge in [-0.1, -0.05) is 29.5 Å². The van der Waals surface area contributed by atoms with Gasteiger partial charge in [0.05, 0.1) is 12.7 Å². The van der Waals surface area contributed by atoms with Gasteiger partial charge >= 0.3 is 0 Å². The number of aromatic nitrogens is 4. The van der Waals surface area contributed by atoms with Crippen molar-refractivity contribution in [2.45, 2.75) is 26.1 Å². The largest absolute Gasteiger partial charge is 0.321 e. The number of nitrogens with one attached hydrogen (secondary N) is 1. The molecular weight excluding hydrogens is 464 g/mol. The lowest BCUT2D eigenvalue weighted by atomic mass is 9.96. The third kappa shape index (κ3) is 4.94. The number of hydrogen-bond acceptors (Lipinski definition) is 7. The zero-order valence-electron chi connectivity index (χ0n) is 20.5. The van der Waals surface area contributed by atoms with Crippen LogP contribution in [-0.4, -0.2) is 56.4 Å². The van der Waals surface area contributed by atoms with Crippen molar-refractivity contribution in [3.8, 4) is 22.4 Å². The van der Waals surface area contributed by atoms with Gasteiger partial charge in [-0.25, -0.2) is 4.99 Å². The number of nitrogens with zero attached hydrogens (tertiary/aromatic N) is 7. The third-order valence-electron chi connectivity index (χ3n) is 6.57. The molecule has 9 nitrogen and oxygen atoms in total. The Morgan fingerprint density at radius 2 is 1.92 bits per heavy atom. The molecule has 0 atom stereocenters. The number of aryl methyl sites for hydroxylation is 1. The Kier molecular flexibility index (Phi) is 6.11. The van der Waals surface area contributed by atoms with Gasteiger partial charge in [-0.2, -0.15) is 0 Å². The molecule has 184 valence electrons. The highest BCUT2D eigenvalue weighted by atomic mass is 16.1. The molecule has 2 aliphatic heterocycles. The Hall–Kier alpha value is -4.50. The molecule has 2 aromatic heterocycles. The lowest BCUT2D eigenvalue weighted by Crippen LogP contribution is -2.25. The van der Waals surface area contributed by atoms with Crippen molar-refractivity contribution in [1.29, 1.82) is 0 Å². The van der Waals surface area contributed by atoms with E-state index in [0.29, 0.717) is 17.9 Å². The van der Waals surface area contributed by atoms with Crippen LogP contribution in [0.1, 0.15) is 23.1 Å². The molecule has 9 heteroatoms. The first kappa shape index (κ1) is 22.9. The van der Waals surface area contributed by atoms with Crippen molar-refractivity contribution in [1.82, 2.24) is 24.9 Å². The van der Waals surface area contributed by atoms with Crippen LogP contribution < -0.4 is 5.32 Å². The molecule has 0 fully saturated rings. The predicted molar refractivity (Wildman–Crippen MR) is 143 cm³/mol. The number of benzene rings is 2. The standard InChI is InChI=1S/C28H26N8O/c1-35-8-3-9-36-17-26(33-34-36)21-4-2-5-24(11-21)32-28(37)27-25-12-20(6-7-22(25)14-30-18-31-27)23-10-19(16-35)13-29-15-23/h2,4-7,10-13,15,17-18H,3,8-9,14,16H2,1H3,(H,32,37). The van der Waals surface area contributed by atoms with E-state index in [9.17, 15) is 4.79 Å². The average Bonchev–Trinajstić information content (AvgIpc) is 3.27. The highest BCUT2D eigenvalue weighted by Gasteiger charge is 2.20. The molecule has 0 saturated heterocycles. The molecule has 0 aliphatic carbocycles. The minimum Gasteiger partial charge on any atom is -0.321 e. The van der Waals surface area contributed by atoms with Gasteiger partial charge in [-0.05, 0) is 61.0 Å². The van der Waals surface area contributed by atoms with E-state index in [2.05, 4.69) is 54.7 Å². The summed E-state index contributed by atoms with van der Waals surface area (Å²) in [7, 11) is 2.11. The highest BCUT2D eigenvalue weighted by Crippen LogP contribution is 2.26. The van der Waals surface area contributed by atoms with Gasteiger partial charge in [-0.3, -0.25) is 19.5 Å². The summed E-state index contributed by atoms with van der Waals surface area (Å²) in [6, 6.07) is 15.9. The number of fused-ring (bicyclic) bond motifs is 9. The molecule has 37 heavy (non-hydrogen) atoms. The molecule has 1 N–H and O–H groups in total. The summed E-state index contributed by atoms with van der Waals surface area (Å²) in [5.41, 5.74) is 7.45. The second kappa shape index (κ2) is 9.87. The number of aliphatic imine (C=N–C) groups is 2. The number of amides is 1. The van der Waals surface area contributed by atoms with Crippen LogP contribution in [0, 0.1) is 0 Å². The van der Waals surface area contributed by atoms with E-state index in [1.807, 2.05) is 59.7 Å². The van der Waals surface area contributed by atoms with Crippen molar-refractivity contribution in [2.75, 3.05) is 18.9 Å². The Morgan fingerprint density at radius 1 is 0.973 bits per heavy atom. The summed E-state index contributed by atoms with van der Waals surface area (Å²) in [5, 5.41) is 11.7. The van der Waals surface area contributed by atoms with Crippen molar-refractivity contribution >= 4 is 23.6 Å². The number of carbonyl (C=O) groups excluding carboxylic acids is 1. The summed E-state index contributed by atoms with van der Waals surface area (Å²) >= 11 is 0. The summed E-state index contributed by atoms with van der Waals surface area (Å²) in [5.74, 6) is -0.296. The minimum atomic E-state index is -0.296. The summed E-state index contributed by atoms with van der Waals surface area (Å²) in [4.78, 5) is 29.0. The first-order valence-electron chi connectivity index (χ1n) is 12.3. The Labute approximate surface area is 214 Å². The van der Waals surface area contributed by atoms with E-state index in [1.54, 1.807) is 0 Å². The van der Waals surface area contributed by atoms with Gasteiger partial charge in [0.1, 0.15) is 17.7 Å². The van der Waals surface area contributed by atoms with Crippen molar-refractivity contribution in [2.24, 2.45) is 9.98 Å². The van der Waals surface area contributed by atoms with Gasteiger partial charge < -0.3 is 10.2 Å². The van der Waals surface area contributed by atoms with Gasteiger partial charge in [0.15, 0.2) is 0 Å². The number of rotatable bonds is 0. The number of hydrogen-bond donors (Lipinski definition) is 1. The van der Waals surface area contributed by atoms with E-state index < -0.39 is 0 Å². The van der Waals surface area contributed by atoms with Crippen LogP contribution in [0.3, 0.4) is 0 Å². The molecule has 0 radical (unpaired) electrons. The zero-order chi connectivity index (χ0) is 25.2. The summed E-state index contributed by atoms with van der Waals surface area (Å²) in [6.45, 7) is 2.93. The van der Waals surface area contributed by atoms with Crippen LogP contribution in [0.5, 0.6) is 0 Å².